The van der Waals surface area contributed by atoms with Crippen LogP contribution in [0.25, 0.3) is 5.65 Å². The van der Waals surface area contributed by atoms with Crippen LogP contribution in [0.3, 0.4) is 0 Å². The second-order valence-electron chi connectivity index (χ2n) is 7.25. The number of carbonyl (C=O) groups excluding carboxylic acids is 1. The molecule has 0 bridgehead atoms. The zero-order valence-electron chi connectivity index (χ0n) is 16.8. The van der Waals surface area contributed by atoms with E-state index < -0.39 is 28.8 Å². The van der Waals surface area contributed by atoms with Crippen LogP contribution >= 0.6 is 11.8 Å². The molecule has 31 heavy (non-hydrogen) atoms. The average Bonchev–Trinajstić information content (AvgIpc) is 3.09. The highest BCUT2D eigenvalue weighted by Gasteiger charge is 2.31. The molecule has 166 valence electrons. The molecule has 0 unspecified atom stereocenters. The largest absolute Gasteiger partial charge is 0.417 e. The number of pyridine rings is 1. The first kappa shape index (κ1) is 22.6. The van der Waals surface area contributed by atoms with Gasteiger partial charge in [-0.15, -0.1) is 10.2 Å². The molecule has 2 N–H and O–H groups in total. The SMILES string of the molecule is CC(C)Cn1c(N)c(C(=O)CSc2nnc3ccc(C(F)(F)F)cn23)c(=O)n(C)c1=O. The predicted octanol–water partition coefficient (Wildman–Crippen LogP) is 1.82. The van der Waals surface area contributed by atoms with Gasteiger partial charge in [-0.3, -0.25) is 23.1 Å². The van der Waals surface area contributed by atoms with Crippen LogP contribution < -0.4 is 17.0 Å². The van der Waals surface area contributed by atoms with Gasteiger partial charge in [-0.25, -0.2) is 4.79 Å². The van der Waals surface area contributed by atoms with Gasteiger partial charge in [-0.1, -0.05) is 25.6 Å². The van der Waals surface area contributed by atoms with Crippen molar-refractivity contribution in [3.63, 3.8) is 0 Å². The number of thioether (sulfide) groups is 1. The molecule has 3 rings (SSSR count). The zero-order chi connectivity index (χ0) is 23.1. The van der Waals surface area contributed by atoms with E-state index in [2.05, 4.69) is 10.2 Å². The third kappa shape index (κ3) is 4.36. The number of nitrogen functional groups attached to an aromatic ring is 1. The highest BCUT2D eigenvalue weighted by molar-refractivity contribution is 7.99. The van der Waals surface area contributed by atoms with Crippen molar-refractivity contribution in [1.82, 2.24) is 23.7 Å². The Morgan fingerprint density at radius 3 is 2.52 bits per heavy atom. The molecule has 3 aromatic heterocycles. The average molecular weight is 456 g/mol. The van der Waals surface area contributed by atoms with Gasteiger partial charge in [0, 0.05) is 19.8 Å². The molecular formula is C18H19F3N6O3S. The summed E-state index contributed by atoms with van der Waals surface area (Å²) in [6, 6.07) is 2.04. The lowest BCUT2D eigenvalue weighted by Crippen LogP contribution is -2.43. The maximum atomic E-state index is 13.0. The van der Waals surface area contributed by atoms with Gasteiger partial charge in [0.05, 0.1) is 11.3 Å². The van der Waals surface area contributed by atoms with Crippen LogP contribution in [0.2, 0.25) is 0 Å². The molecule has 0 aliphatic carbocycles. The molecule has 0 spiro atoms. The van der Waals surface area contributed by atoms with Gasteiger partial charge >= 0.3 is 11.9 Å². The summed E-state index contributed by atoms with van der Waals surface area (Å²) >= 11 is 0.807. The van der Waals surface area contributed by atoms with Gasteiger partial charge in [0.1, 0.15) is 11.4 Å². The highest BCUT2D eigenvalue weighted by Crippen LogP contribution is 2.30. The predicted molar refractivity (Wildman–Crippen MR) is 108 cm³/mol. The summed E-state index contributed by atoms with van der Waals surface area (Å²) in [5, 5.41) is 7.62. The van der Waals surface area contributed by atoms with Gasteiger partial charge in [0.2, 0.25) is 0 Å². The zero-order valence-corrected chi connectivity index (χ0v) is 17.6. The van der Waals surface area contributed by atoms with E-state index in [-0.39, 0.29) is 40.4 Å². The monoisotopic (exact) mass is 456 g/mol. The van der Waals surface area contributed by atoms with E-state index in [9.17, 15) is 27.6 Å². The van der Waals surface area contributed by atoms with E-state index in [4.69, 9.17) is 5.73 Å². The Hall–Kier alpha value is -3.09. The van der Waals surface area contributed by atoms with E-state index in [0.717, 1.165) is 43.6 Å². The van der Waals surface area contributed by atoms with Crippen molar-refractivity contribution in [1.29, 1.82) is 0 Å². The van der Waals surface area contributed by atoms with Crippen LogP contribution in [0.1, 0.15) is 29.8 Å². The molecule has 0 amide bonds. The van der Waals surface area contributed by atoms with E-state index in [0.29, 0.717) is 0 Å². The second kappa shape index (κ2) is 8.21. The first-order valence-electron chi connectivity index (χ1n) is 9.09. The molecule has 0 saturated carbocycles. The minimum absolute atomic E-state index is 0.0278. The maximum Gasteiger partial charge on any atom is 0.417 e. The van der Waals surface area contributed by atoms with Crippen molar-refractivity contribution in [2.24, 2.45) is 13.0 Å². The number of nitrogens with two attached hydrogens (primary N) is 1. The molecular weight excluding hydrogens is 437 g/mol. The number of carbonyl (C=O) groups is 1. The molecule has 0 saturated heterocycles. The van der Waals surface area contributed by atoms with Crippen molar-refractivity contribution < 1.29 is 18.0 Å². The van der Waals surface area contributed by atoms with Gasteiger partial charge < -0.3 is 5.73 Å². The number of alkyl halides is 3. The fraction of sp³-hybridized carbons (Fsp3) is 0.389. The first-order chi connectivity index (χ1) is 14.4. The summed E-state index contributed by atoms with van der Waals surface area (Å²) < 4.78 is 42.0. The third-order valence-electron chi connectivity index (χ3n) is 4.44. The Morgan fingerprint density at radius 1 is 1.23 bits per heavy atom. The highest BCUT2D eigenvalue weighted by atomic mass is 32.2. The molecule has 3 heterocycles. The summed E-state index contributed by atoms with van der Waals surface area (Å²) in [5.74, 6) is -1.22. The molecule has 0 aromatic carbocycles. The van der Waals surface area contributed by atoms with E-state index in [1.54, 1.807) is 0 Å². The Bertz CT molecular complexity index is 1280. The summed E-state index contributed by atoms with van der Waals surface area (Å²) in [4.78, 5) is 37.6. The number of anilines is 1. The molecule has 0 aliphatic heterocycles. The van der Waals surface area contributed by atoms with Crippen molar-refractivity contribution in [3.8, 4) is 0 Å². The topological polar surface area (TPSA) is 117 Å². The Morgan fingerprint density at radius 2 is 1.90 bits per heavy atom. The Labute approximate surface area is 177 Å². The standard InChI is InChI=1S/C18H19F3N6O3S/c1-9(2)6-27-14(22)13(15(29)25(3)17(27)30)11(28)8-31-16-24-23-12-5-4-10(7-26(12)16)18(19,20)21/h4-5,7,9H,6,8,22H2,1-3H3. The summed E-state index contributed by atoms with van der Waals surface area (Å²) in [7, 11) is 1.25. The minimum Gasteiger partial charge on any atom is -0.384 e. The number of ketones is 1. The van der Waals surface area contributed by atoms with Crippen LogP contribution in [0, 0.1) is 5.92 Å². The number of Topliss-reactive ketones (excluding diaryl/α,β-unsaturated/α-hetero) is 1. The molecule has 0 fully saturated rings. The van der Waals surface area contributed by atoms with Crippen molar-refractivity contribution in [2.45, 2.75) is 31.7 Å². The molecule has 0 atom stereocenters. The van der Waals surface area contributed by atoms with Crippen molar-refractivity contribution >= 4 is 29.0 Å². The third-order valence-corrected chi connectivity index (χ3v) is 5.38. The smallest absolute Gasteiger partial charge is 0.384 e. The Kier molecular flexibility index (Phi) is 5.98. The number of rotatable bonds is 6. The van der Waals surface area contributed by atoms with Crippen LogP contribution in [-0.4, -0.2) is 35.3 Å². The van der Waals surface area contributed by atoms with Crippen LogP contribution in [-0.2, 0) is 19.8 Å². The second-order valence-corrected chi connectivity index (χ2v) is 8.19. The number of nitrogens with zero attached hydrogens (tertiary/aromatic N) is 5. The lowest BCUT2D eigenvalue weighted by molar-refractivity contribution is -0.137. The van der Waals surface area contributed by atoms with Crippen LogP contribution in [0.5, 0.6) is 0 Å². The van der Waals surface area contributed by atoms with Gasteiger partial charge in [-0.2, -0.15) is 13.2 Å². The van der Waals surface area contributed by atoms with Crippen LogP contribution in [0.4, 0.5) is 19.0 Å². The molecule has 9 nitrogen and oxygen atoms in total. The minimum atomic E-state index is -4.55. The number of hydrogen-bond donors (Lipinski definition) is 1. The quantitative estimate of drug-likeness (QED) is 0.444. The molecule has 13 heteroatoms. The molecule has 3 aromatic rings. The van der Waals surface area contributed by atoms with Crippen molar-refractivity contribution in [3.05, 3.63) is 50.3 Å². The number of hydrogen-bond acceptors (Lipinski definition) is 7. The fourth-order valence-corrected chi connectivity index (χ4v) is 3.71. The van der Waals surface area contributed by atoms with Gasteiger partial charge in [0.15, 0.2) is 16.6 Å². The van der Waals surface area contributed by atoms with E-state index in [1.165, 1.54) is 7.05 Å². The molecule has 0 aliphatic rings. The number of fused-ring (bicyclic) bond motifs is 1. The lowest BCUT2D eigenvalue weighted by Gasteiger charge is -2.16. The summed E-state index contributed by atoms with van der Waals surface area (Å²) in [6.07, 6.45) is -3.72. The fourth-order valence-electron chi connectivity index (χ4n) is 2.93. The Balaban J connectivity index is 1.94. The normalized spacial score (nSPS) is 12.1. The van der Waals surface area contributed by atoms with E-state index >= 15 is 0 Å². The van der Waals surface area contributed by atoms with E-state index in [1.807, 2.05) is 13.8 Å². The first-order valence-corrected chi connectivity index (χ1v) is 10.1. The molecule has 0 radical (unpaired) electrons. The summed E-state index contributed by atoms with van der Waals surface area (Å²) in [6.45, 7) is 3.90. The van der Waals surface area contributed by atoms with Crippen molar-refractivity contribution in [2.75, 3.05) is 11.5 Å². The summed E-state index contributed by atoms with van der Waals surface area (Å²) in [5.41, 5.74) is 3.43. The van der Waals surface area contributed by atoms with Crippen LogP contribution in [0.15, 0.2) is 33.1 Å². The van der Waals surface area contributed by atoms with Gasteiger partial charge in [-0.05, 0) is 18.1 Å². The number of halogens is 3. The van der Waals surface area contributed by atoms with Gasteiger partial charge in [0.25, 0.3) is 5.56 Å². The number of aromatic nitrogens is 5. The lowest BCUT2D eigenvalue weighted by atomic mass is 10.2. The maximum absolute atomic E-state index is 13.0.